The lowest BCUT2D eigenvalue weighted by Crippen LogP contribution is -2.94. The number of rotatable bonds is 4. The van der Waals surface area contributed by atoms with Gasteiger partial charge in [-0.2, -0.15) is 0 Å². The maximum absolute atomic E-state index is 2.66. The Morgan fingerprint density at radius 3 is 1.79 bits per heavy atom. The zero-order valence-corrected chi connectivity index (χ0v) is 18.7. The van der Waals surface area contributed by atoms with Crippen LogP contribution in [0.4, 0.5) is 0 Å². The molecule has 3 aliphatic rings. The van der Waals surface area contributed by atoms with Gasteiger partial charge in [-0.3, -0.25) is 0 Å². The molecule has 24 heavy (non-hydrogen) atoms. The van der Waals surface area contributed by atoms with Gasteiger partial charge in [0.1, 0.15) is 0 Å². The van der Waals surface area contributed by atoms with Crippen molar-refractivity contribution in [1.82, 2.24) is 0 Å². The Bertz CT molecular complexity index is 552. The van der Waals surface area contributed by atoms with Crippen LogP contribution in [-0.2, 0) is 0 Å². The van der Waals surface area contributed by atoms with Crippen molar-refractivity contribution in [1.29, 1.82) is 0 Å². The molecule has 0 bridgehead atoms. The van der Waals surface area contributed by atoms with E-state index in [2.05, 4.69) is 83.1 Å². The summed E-state index contributed by atoms with van der Waals surface area (Å²) < 4.78 is 0. The van der Waals surface area contributed by atoms with Crippen LogP contribution < -0.4 is 0 Å². The molecule has 0 aromatic rings. The van der Waals surface area contributed by atoms with E-state index in [1.54, 1.807) is 0 Å². The first-order valence-corrected chi connectivity index (χ1v) is 10.6. The summed E-state index contributed by atoms with van der Waals surface area (Å²) in [6.45, 7) is 30.7. The predicted octanol–water partition coefficient (Wildman–Crippen LogP) is 7.43. The zero-order chi connectivity index (χ0) is 18.7. The third kappa shape index (κ3) is 1.41. The Balaban J connectivity index is 2.11. The highest BCUT2D eigenvalue weighted by molar-refractivity contribution is 5.41. The zero-order valence-electron chi connectivity index (χ0n) is 18.7. The van der Waals surface area contributed by atoms with Crippen LogP contribution in [0.5, 0.6) is 0 Å². The molecule has 0 N–H and O–H groups in total. The summed E-state index contributed by atoms with van der Waals surface area (Å²) in [5.74, 6) is 3.31. The van der Waals surface area contributed by atoms with Crippen molar-refractivity contribution in [3.8, 4) is 0 Å². The smallest absolute Gasteiger partial charge is 0.0168 e. The second kappa shape index (κ2) is 4.45. The van der Waals surface area contributed by atoms with Gasteiger partial charge >= 0.3 is 0 Å². The van der Waals surface area contributed by atoms with E-state index < -0.39 is 0 Å². The molecule has 0 spiro atoms. The quantitative estimate of drug-likeness (QED) is 0.502. The summed E-state index contributed by atoms with van der Waals surface area (Å²) in [5, 5.41) is 0. The van der Waals surface area contributed by atoms with E-state index in [0.29, 0.717) is 32.5 Å². The standard InChI is InChI=1S/C24H44/c1-15(2)19(6,7)14-24(16(3)4)18-21(10)13-17(5)22(21,11)23(18,12)20(24,8)9/h15-18H,13-14H2,1-12H3. The monoisotopic (exact) mass is 332 g/mol. The van der Waals surface area contributed by atoms with E-state index in [4.69, 9.17) is 0 Å². The summed E-state index contributed by atoms with van der Waals surface area (Å²) in [5.41, 5.74) is 2.98. The predicted molar refractivity (Wildman–Crippen MR) is 106 cm³/mol. The molecular weight excluding hydrogens is 288 g/mol. The Hall–Kier alpha value is 0. The Morgan fingerprint density at radius 1 is 0.917 bits per heavy atom. The Morgan fingerprint density at radius 2 is 1.42 bits per heavy atom. The lowest BCUT2D eigenvalue weighted by Gasteiger charge is -2.98. The number of fused-ring (bicyclic) bond motifs is 4. The molecule has 0 aliphatic heterocycles. The van der Waals surface area contributed by atoms with Crippen LogP contribution in [0.1, 0.15) is 95.9 Å². The second-order valence-electron chi connectivity index (χ2n) is 12.5. The molecule has 0 aromatic heterocycles. The summed E-state index contributed by atoms with van der Waals surface area (Å²) in [6, 6.07) is 0. The van der Waals surface area contributed by atoms with Gasteiger partial charge in [0.15, 0.2) is 0 Å². The van der Waals surface area contributed by atoms with Crippen LogP contribution in [0.3, 0.4) is 0 Å². The molecule has 0 amide bonds. The molecule has 0 saturated heterocycles. The summed E-state index contributed by atoms with van der Waals surface area (Å²) in [4.78, 5) is 0. The minimum Gasteiger partial charge on any atom is -0.0623 e. The van der Waals surface area contributed by atoms with Gasteiger partial charge in [0.2, 0.25) is 0 Å². The SMILES string of the molecule is CC(C)C(C)(C)CC1(C(C)C)C2C3(C)CC(C)C3(C)C2(C)C1(C)C. The van der Waals surface area contributed by atoms with Crippen LogP contribution in [0.25, 0.3) is 0 Å². The van der Waals surface area contributed by atoms with Crippen molar-refractivity contribution < 1.29 is 0 Å². The van der Waals surface area contributed by atoms with Crippen molar-refractivity contribution >= 4 is 0 Å². The van der Waals surface area contributed by atoms with Crippen molar-refractivity contribution in [2.45, 2.75) is 95.9 Å². The first kappa shape index (κ1) is 18.8. The van der Waals surface area contributed by atoms with Crippen LogP contribution >= 0.6 is 0 Å². The van der Waals surface area contributed by atoms with E-state index in [1.807, 2.05) is 0 Å². The van der Waals surface area contributed by atoms with E-state index in [-0.39, 0.29) is 0 Å². The van der Waals surface area contributed by atoms with Crippen molar-refractivity contribution in [3.05, 3.63) is 0 Å². The van der Waals surface area contributed by atoms with Crippen LogP contribution in [0.15, 0.2) is 0 Å². The first-order valence-electron chi connectivity index (χ1n) is 10.6. The lowest BCUT2D eigenvalue weighted by molar-refractivity contribution is -0.514. The highest BCUT2D eigenvalue weighted by Gasteiger charge is 2.94. The summed E-state index contributed by atoms with van der Waals surface area (Å²) in [6.07, 6.45) is 2.85. The maximum atomic E-state index is 2.66. The van der Waals surface area contributed by atoms with E-state index in [9.17, 15) is 0 Å². The third-order valence-corrected chi connectivity index (χ3v) is 11.5. The van der Waals surface area contributed by atoms with Crippen LogP contribution in [0.2, 0.25) is 0 Å². The highest BCUT2D eigenvalue weighted by Crippen LogP contribution is 2.99. The molecule has 3 aliphatic carbocycles. The second-order valence-corrected chi connectivity index (χ2v) is 12.5. The molecule has 0 aromatic carbocycles. The molecule has 0 heterocycles. The van der Waals surface area contributed by atoms with Gasteiger partial charge in [0.25, 0.3) is 0 Å². The Labute approximate surface area is 152 Å². The van der Waals surface area contributed by atoms with Gasteiger partial charge in [-0.15, -0.1) is 0 Å². The lowest BCUT2D eigenvalue weighted by atomic mass is 9.05. The van der Waals surface area contributed by atoms with Gasteiger partial charge in [0, 0.05) is 0 Å². The molecule has 3 rings (SSSR count). The maximum Gasteiger partial charge on any atom is -0.0168 e. The molecule has 0 radical (unpaired) electrons. The van der Waals surface area contributed by atoms with Crippen molar-refractivity contribution in [2.75, 3.05) is 0 Å². The summed E-state index contributed by atoms with van der Waals surface area (Å²) >= 11 is 0. The number of hydrogen-bond acceptors (Lipinski definition) is 0. The third-order valence-electron chi connectivity index (χ3n) is 11.5. The van der Waals surface area contributed by atoms with Gasteiger partial charge in [-0.1, -0.05) is 83.1 Å². The van der Waals surface area contributed by atoms with Crippen molar-refractivity contribution in [3.63, 3.8) is 0 Å². The molecule has 3 saturated carbocycles. The minimum absolute atomic E-state index is 0.417. The van der Waals surface area contributed by atoms with Crippen LogP contribution in [0, 0.1) is 56.2 Å². The molecule has 6 atom stereocenters. The van der Waals surface area contributed by atoms with E-state index in [0.717, 1.165) is 23.7 Å². The normalized spacial score (nSPS) is 52.2. The topological polar surface area (TPSA) is 0 Å². The first-order chi connectivity index (χ1) is 10.6. The molecule has 140 valence electrons. The molecule has 6 unspecified atom stereocenters. The van der Waals surface area contributed by atoms with E-state index >= 15 is 0 Å². The van der Waals surface area contributed by atoms with Gasteiger partial charge < -0.3 is 0 Å². The highest BCUT2D eigenvalue weighted by atomic mass is 15.0. The van der Waals surface area contributed by atoms with Crippen LogP contribution in [-0.4, -0.2) is 0 Å². The molecule has 3 fully saturated rings. The fraction of sp³-hybridized carbons (Fsp3) is 1.00. The molecule has 0 nitrogen and oxygen atoms in total. The summed E-state index contributed by atoms with van der Waals surface area (Å²) in [7, 11) is 0. The van der Waals surface area contributed by atoms with Gasteiger partial charge in [0.05, 0.1) is 0 Å². The van der Waals surface area contributed by atoms with Gasteiger partial charge in [-0.05, 0) is 69.0 Å². The Kier molecular flexibility index (Phi) is 3.48. The fourth-order valence-electron chi connectivity index (χ4n) is 9.27. The molecule has 0 heteroatoms. The van der Waals surface area contributed by atoms with Gasteiger partial charge in [-0.25, -0.2) is 0 Å². The minimum atomic E-state index is 0.417. The largest absolute Gasteiger partial charge is 0.0623 e. The molecular formula is C24H44. The average molecular weight is 333 g/mol. The number of hydrogen-bond donors (Lipinski definition) is 0. The van der Waals surface area contributed by atoms with E-state index in [1.165, 1.54) is 12.8 Å². The average Bonchev–Trinajstić information content (AvgIpc) is 2.43. The van der Waals surface area contributed by atoms with Crippen molar-refractivity contribution in [2.24, 2.45) is 56.2 Å². The fourth-order valence-corrected chi connectivity index (χ4v) is 9.27.